The smallest absolute Gasteiger partial charge is 0.256 e. The standard InChI is InChI=1S/C18H25N5O3/c1-11(2)20-16(25)12(3)23-10-8-18(7-6-14(23)24)21-15-13(17(26)22-18)5-4-9-19-15/h4-5,9,11-12H,6-8,10H2,1-3H3,(H,19,21)(H,20,25)(H,22,26)/t12-,18-/m0/s1. The van der Waals surface area contributed by atoms with Crippen LogP contribution in [-0.2, 0) is 9.59 Å². The fraction of sp³-hybridized carbons (Fsp3) is 0.556. The Balaban J connectivity index is 1.76. The Morgan fingerprint density at radius 1 is 1.27 bits per heavy atom. The second-order valence-corrected chi connectivity index (χ2v) is 7.24. The third-order valence-electron chi connectivity index (χ3n) is 4.91. The van der Waals surface area contributed by atoms with Gasteiger partial charge in [-0.2, -0.15) is 0 Å². The second kappa shape index (κ2) is 6.93. The van der Waals surface area contributed by atoms with Crippen LogP contribution in [0.15, 0.2) is 18.3 Å². The average molecular weight is 359 g/mol. The summed E-state index contributed by atoms with van der Waals surface area (Å²) in [5.74, 6) is 0.0780. The maximum absolute atomic E-state index is 12.6. The number of likely N-dealkylation sites (tertiary alicyclic amines) is 1. The van der Waals surface area contributed by atoms with E-state index >= 15 is 0 Å². The van der Waals surface area contributed by atoms with Crippen LogP contribution in [0, 0.1) is 0 Å². The monoisotopic (exact) mass is 359 g/mol. The maximum atomic E-state index is 12.6. The second-order valence-electron chi connectivity index (χ2n) is 7.24. The lowest BCUT2D eigenvalue weighted by Gasteiger charge is -2.39. The molecule has 1 aromatic heterocycles. The van der Waals surface area contributed by atoms with Gasteiger partial charge in [0.05, 0.1) is 5.56 Å². The van der Waals surface area contributed by atoms with E-state index in [-0.39, 0.29) is 30.2 Å². The van der Waals surface area contributed by atoms with E-state index < -0.39 is 11.7 Å². The normalized spacial score (nSPS) is 23.8. The highest BCUT2D eigenvalue weighted by atomic mass is 16.2. The highest BCUT2D eigenvalue weighted by molar-refractivity contribution is 6.01. The van der Waals surface area contributed by atoms with E-state index in [4.69, 9.17) is 0 Å². The van der Waals surface area contributed by atoms with Crippen LogP contribution in [0.3, 0.4) is 0 Å². The van der Waals surface area contributed by atoms with Gasteiger partial charge in [0.1, 0.15) is 17.5 Å². The SMILES string of the molecule is CC(C)NC(=O)[C@H](C)N1CC[C@]2(CCC1=O)NC(=O)c1cccnc1N2. The summed E-state index contributed by atoms with van der Waals surface area (Å²) in [5, 5.41) is 9.15. The molecule has 8 heteroatoms. The fourth-order valence-electron chi connectivity index (χ4n) is 3.46. The quantitative estimate of drug-likeness (QED) is 0.743. The third kappa shape index (κ3) is 3.49. The first-order valence-corrected chi connectivity index (χ1v) is 8.97. The molecule has 8 nitrogen and oxygen atoms in total. The van der Waals surface area contributed by atoms with Crippen LogP contribution >= 0.6 is 0 Å². The Bertz CT molecular complexity index is 735. The fourth-order valence-corrected chi connectivity index (χ4v) is 3.46. The van der Waals surface area contributed by atoms with Crippen LogP contribution in [0.2, 0.25) is 0 Å². The molecule has 1 saturated heterocycles. The number of anilines is 1. The van der Waals surface area contributed by atoms with Crippen molar-refractivity contribution >= 4 is 23.5 Å². The van der Waals surface area contributed by atoms with E-state index in [2.05, 4.69) is 20.9 Å². The van der Waals surface area contributed by atoms with Crippen molar-refractivity contribution in [2.75, 3.05) is 11.9 Å². The molecule has 3 heterocycles. The molecule has 26 heavy (non-hydrogen) atoms. The van der Waals surface area contributed by atoms with Gasteiger partial charge < -0.3 is 20.9 Å². The molecule has 1 spiro atoms. The van der Waals surface area contributed by atoms with Crippen molar-refractivity contribution in [2.24, 2.45) is 0 Å². The van der Waals surface area contributed by atoms with Gasteiger partial charge >= 0.3 is 0 Å². The van der Waals surface area contributed by atoms with E-state index in [9.17, 15) is 14.4 Å². The van der Waals surface area contributed by atoms with Gasteiger partial charge in [0, 0.05) is 31.6 Å². The molecule has 0 unspecified atom stereocenters. The van der Waals surface area contributed by atoms with Crippen molar-refractivity contribution in [2.45, 2.75) is 57.8 Å². The Morgan fingerprint density at radius 3 is 2.77 bits per heavy atom. The summed E-state index contributed by atoms with van der Waals surface area (Å²) in [7, 11) is 0. The lowest BCUT2D eigenvalue weighted by molar-refractivity contribution is -0.139. The first kappa shape index (κ1) is 18.2. The molecule has 3 amide bonds. The van der Waals surface area contributed by atoms with E-state index in [1.165, 1.54) is 0 Å². The summed E-state index contributed by atoms with van der Waals surface area (Å²) in [6.45, 7) is 5.88. The molecule has 0 saturated carbocycles. The van der Waals surface area contributed by atoms with E-state index in [1.54, 1.807) is 30.2 Å². The first-order valence-electron chi connectivity index (χ1n) is 8.97. The number of rotatable bonds is 3. The number of amides is 3. The minimum Gasteiger partial charge on any atom is -0.352 e. The number of fused-ring (bicyclic) bond motifs is 1. The highest BCUT2D eigenvalue weighted by Gasteiger charge is 2.42. The molecule has 2 atom stereocenters. The first-order chi connectivity index (χ1) is 12.3. The number of hydrogen-bond donors (Lipinski definition) is 3. The summed E-state index contributed by atoms with van der Waals surface area (Å²) < 4.78 is 0. The maximum Gasteiger partial charge on any atom is 0.256 e. The molecule has 2 aliphatic heterocycles. The number of hydrogen-bond acceptors (Lipinski definition) is 5. The zero-order chi connectivity index (χ0) is 18.9. The zero-order valence-electron chi connectivity index (χ0n) is 15.3. The summed E-state index contributed by atoms with van der Waals surface area (Å²) in [5.41, 5.74) is -0.230. The van der Waals surface area contributed by atoms with Crippen LogP contribution in [0.5, 0.6) is 0 Å². The number of pyridine rings is 1. The van der Waals surface area contributed by atoms with Gasteiger partial charge in [-0.3, -0.25) is 14.4 Å². The largest absolute Gasteiger partial charge is 0.352 e. The average Bonchev–Trinajstić information content (AvgIpc) is 2.73. The highest BCUT2D eigenvalue weighted by Crippen LogP contribution is 2.30. The number of carbonyl (C=O) groups is 3. The molecule has 0 radical (unpaired) electrons. The minimum atomic E-state index is -0.725. The number of aromatic nitrogens is 1. The molecule has 0 aliphatic carbocycles. The van der Waals surface area contributed by atoms with Crippen molar-refractivity contribution in [1.29, 1.82) is 0 Å². The zero-order valence-corrected chi connectivity index (χ0v) is 15.3. The summed E-state index contributed by atoms with van der Waals surface area (Å²) in [4.78, 5) is 43.2. The Labute approximate surface area is 152 Å². The lowest BCUT2D eigenvalue weighted by Crippen LogP contribution is -2.58. The summed E-state index contributed by atoms with van der Waals surface area (Å²) in [6, 6.07) is 2.89. The van der Waals surface area contributed by atoms with Crippen LogP contribution in [0.1, 0.15) is 50.4 Å². The predicted molar refractivity (Wildman–Crippen MR) is 96.4 cm³/mol. The van der Waals surface area contributed by atoms with Crippen LogP contribution in [-0.4, -0.2) is 51.9 Å². The van der Waals surface area contributed by atoms with Gasteiger partial charge in [-0.1, -0.05) is 0 Å². The van der Waals surface area contributed by atoms with Gasteiger partial charge in [-0.05, 0) is 39.3 Å². The van der Waals surface area contributed by atoms with E-state index in [0.717, 1.165) is 0 Å². The van der Waals surface area contributed by atoms with Crippen molar-refractivity contribution in [1.82, 2.24) is 20.5 Å². The predicted octanol–water partition coefficient (Wildman–Crippen LogP) is 0.859. The van der Waals surface area contributed by atoms with Crippen molar-refractivity contribution in [3.8, 4) is 0 Å². The van der Waals surface area contributed by atoms with Gasteiger partial charge in [0.2, 0.25) is 11.8 Å². The van der Waals surface area contributed by atoms with Crippen molar-refractivity contribution in [3.05, 3.63) is 23.9 Å². The minimum absolute atomic E-state index is 0.0141. The summed E-state index contributed by atoms with van der Waals surface area (Å²) in [6.07, 6.45) is 2.82. The topological polar surface area (TPSA) is 103 Å². The van der Waals surface area contributed by atoms with Gasteiger partial charge in [-0.15, -0.1) is 0 Å². The molecule has 140 valence electrons. The summed E-state index contributed by atoms with van der Waals surface area (Å²) >= 11 is 0. The molecule has 1 fully saturated rings. The molecule has 3 N–H and O–H groups in total. The molecule has 3 rings (SSSR count). The molecule has 0 bridgehead atoms. The van der Waals surface area contributed by atoms with Crippen LogP contribution in [0.4, 0.5) is 5.82 Å². The lowest BCUT2D eigenvalue weighted by atomic mass is 9.97. The molecule has 1 aromatic rings. The van der Waals surface area contributed by atoms with Gasteiger partial charge in [0.25, 0.3) is 5.91 Å². The van der Waals surface area contributed by atoms with Gasteiger partial charge in [0.15, 0.2) is 0 Å². The van der Waals surface area contributed by atoms with Crippen molar-refractivity contribution < 1.29 is 14.4 Å². The molecular formula is C18H25N5O3. The van der Waals surface area contributed by atoms with E-state index in [0.29, 0.717) is 30.8 Å². The molecule has 2 aliphatic rings. The number of nitrogens with zero attached hydrogens (tertiary/aromatic N) is 2. The molecule has 0 aromatic carbocycles. The van der Waals surface area contributed by atoms with Gasteiger partial charge in [-0.25, -0.2) is 4.98 Å². The third-order valence-corrected chi connectivity index (χ3v) is 4.91. The Morgan fingerprint density at radius 2 is 2.04 bits per heavy atom. The number of carbonyl (C=O) groups excluding carboxylic acids is 3. The Hall–Kier alpha value is -2.64. The number of nitrogens with one attached hydrogen (secondary N) is 3. The van der Waals surface area contributed by atoms with E-state index in [1.807, 2.05) is 13.8 Å². The van der Waals surface area contributed by atoms with Crippen molar-refractivity contribution in [3.63, 3.8) is 0 Å². The van der Waals surface area contributed by atoms with Crippen LogP contribution < -0.4 is 16.0 Å². The van der Waals surface area contributed by atoms with Crippen LogP contribution in [0.25, 0.3) is 0 Å². The molecular weight excluding hydrogens is 334 g/mol. The Kier molecular flexibility index (Phi) is 4.84.